The third kappa shape index (κ3) is 5.87. The fourth-order valence-electron chi connectivity index (χ4n) is 6.38. The maximum atomic E-state index is 11.6. The predicted octanol–water partition coefficient (Wildman–Crippen LogP) is 5.42. The van der Waals surface area contributed by atoms with E-state index >= 15 is 0 Å². The molecule has 2 aliphatic rings. The maximum absolute atomic E-state index is 11.6. The molecular weight excluding hydrogens is 544 g/mol. The molecule has 1 N–H and O–H groups in total. The van der Waals surface area contributed by atoms with Gasteiger partial charge in [0.15, 0.2) is 5.82 Å². The molecule has 0 spiro atoms. The van der Waals surface area contributed by atoms with Crippen LogP contribution in [0.25, 0.3) is 17.1 Å². The molecule has 0 radical (unpaired) electrons. The van der Waals surface area contributed by atoms with E-state index in [1.165, 1.54) is 40.2 Å². The van der Waals surface area contributed by atoms with E-state index in [4.69, 9.17) is 19.2 Å². The number of hydrogen-bond acceptors (Lipinski definition) is 7. The number of pyridine rings is 1. The number of carboxylic acids is 1. The summed E-state index contributed by atoms with van der Waals surface area (Å²) in [7, 11) is 1.42. The zero-order valence-electron chi connectivity index (χ0n) is 25.0. The quantitative estimate of drug-likeness (QED) is 0.294. The minimum atomic E-state index is -1.11. The van der Waals surface area contributed by atoms with Crippen molar-refractivity contribution < 1.29 is 24.1 Å². The van der Waals surface area contributed by atoms with Gasteiger partial charge >= 0.3 is 5.97 Å². The molecule has 43 heavy (non-hydrogen) atoms. The van der Waals surface area contributed by atoms with Crippen molar-refractivity contribution in [3.63, 3.8) is 0 Å². The van der Waals surface area contributed by atoms with E-state index in [1.807, 2.05) is 37.3 Å². The summed E-state index contributed by atoms with van der Waals surface area (Å²) in [5.74, 6) is 0.224. The van der Waals surface area contributed by atoms with Crippen LogP contribution in [0.2, 0.25) is 0 Å². The number of nitrogens with zero attached hydrogens (tertiary/aromatic N) is 4. The van der Waals surface area contributed by atoms with Crippen LogP contribution < -0.4 is 9.47 Å². The van der Waals surface area contributed by atoms with Crippen LogP contribution in [-0.4, -0.2) is 70.2 Å². The predicted molar refractivity (Wildman–Crippen MR) is 163 cm³/mol. The van der Waals surface area contributed by atoms with E-state index in [2.05, 4.69) is 29.1 Å². The van der Waals surface area contributed by atoms with Gasteiger partial charge in [-0.15, -0.1) is 0 Å². The van der Waals surface area contributed by atoms with E-state index in [0.29, 0.717) is 24.2 Å². The number of hydrogen-bond donors (Lipinski definition) is 1. The number of carboxylic acid groups (broad SMARTS) is 1. The zero-order valence-corrected chi connectivity index (χ0v) is 25.0. The Labute approximate surface area is 252 Å². The van der Waals surface area contributed by atoms with Gasteiger partial charge in [0.2, 0.25) is 5.88 Å². The molecule has 2 aromatic carbocycles. The molecule has 224 valence electrons. The molecule has 0 saturated carbocycles. The molecule has 0 bridgehead atoms. The summed E-state index contributed by atoms with van der Waals surface area (Å²) in [5, 5.41) is 13.7. The molecule has 0 amide bonds. The molecule has 2 aromatic heterocycles. The highest BCUT2D eigenvalue weighted by Gasteiger charge is 2.25. The van der Waals surface area contributed by atoms with Gasteiger partial charge in [-0.3, -0.25) is 4.90 Å². The Kier molecular flexibility index (Phi) is 8.44. The van der Waals surface area contributed by atoms with Gasteiger partial charge in [0.1, 0.15) is 17.9 Å². The summed E-state index contributed by atoms with van der Waals surface area (Å²) in [6.45, 7) is 8.66. The molecule has 1 fully saturated rings. The molecule has 6 rings (SSSR count). The summed E-state index contributed by atoms with van der Waals surface area (Å²) < 4.78 is 18.9. The molecule has 1 saturated heterocycles. The lowest BCUT2D eigenvalue weighted by Gasteiger charge is -2.33. The Morgan fingerprint density at radius 1 is 1.05 bits per heavy atom. The van der Waals surface area contributed by atoms with Gasteiger partial charge in [0.05, 0.1) is 19.0 Å². The Morgan fingerprint density at radius 3 is 2.63 bits per heavy atom. The molecule has 2 aliphatic heterocycles. The number of benzene rings is 2. The van der Waals surface area contributed by atoms with Crippen molar-refractivity contribution in [2.75, 3.05) is 33.4 Å². The van der Waals surface area contributed by atoms with Crippen LogP contribution in [0.5, 0.6) is 11.6 Å². The third-order valence-electron chi connectivity index (χ3n) is 8.79. The van der Waals surface area contributed by atoms with E-state index < -0.39 is 5.97 Å². The lowest BCUT2D eigenvalue weighted by atomic mass is 9.94. The van der Waals surface area contributed by atoms with Gasteiger partial charge in [0.25, 0.3) is 0 Å². The fraction of sp³-hybridized carbons (Fsp3) is 0.382. The maximum Gasteiger partial charge on any atom is 0.342 e. The lowest BCUT2D eigenvalue weighted by molar-refractivity contribution is 0.0355. The second kappa shape index (κ2) is 12.6. The standard InChI is InChI=1S/C34H38N4O5/c1-22-6-4-7-28(30-8-5-9-31(36-30)38-33(41-3)29(20-35-38)34(39)40)32(22)43-21-25-11-10-24-12-16-37(17-13-27(24)23(25)2)26-14-18-42-19-15-26/h4-11,20,26H,12-19,21H2,1-3H3,(H,39,40). The van der Waals surface area contributed by atoms with Crippen LogP contribution in [0.4, 0.5) is 0 Å². The number of aromatic nitrogens is 3. The van der Waals surface area contributed by atoms with E-state index in [1.54, 1.807) is 6.07 Å². The van der Waals surface area contributed by atoms with Crippen LogP contribution in [0.3, 0.4) is 0 Å². The van der Waals surface area contributed by atoms with Crippen molar-refractivity contribution in [1.82, 2.24) is 19.7 Å². The van der Waals surface area contributed by atoms with Crippen LogP contribution in [0, 0.1) is 13.8 Å². The van der Waals surface area contributed by atoms with Gasteiger partial charge < -0.3 is 19.3 Å². The lowest BCUT2D eigenvalue weighted by Crippen LogP contribution is -2.40. The van der Waals surface area contributed by atoms with Gasteiger partial charge in [-0.05, 0) is 85.5 Å². The first-order valence-electron chi connectivity index (χ1n) is 14.9. The average Bonchev–Trinajstić information content (AvgIpc) is 3.35. The first-order valence-corrected chi connectivity index (χ1v) is 14.9. The SMILES string of the molecule is COc1c(C(=O)O)cnn1-c1cccc(-c2cccc(C)c2OCc2ccc3c(c2C)CCN(C2CCOCC2)CC3)n1. The highest BCUT2D eigenvalue weighted by atomic mass is 16.5. The summed E-state index contributed by atoms with van der Waals surface area (Å²) in [6, 6.07) is 16.7. The minimum Gasteiger partial charge on any atom is -0.488 e. The number of fused-ring (bicyclic) bond motifs is 1. The smallest absolute Gasteiger partial charge is 0.342 e. The van der Waals surface area contributed by atoms with Crippen molar-refractivity contribution in [3.05, 3.63) is 88.1 Å². The highest BCUT2D eigenvalue weighted by Crippen LogP contribution is 2.34. The number of aromatic carboxylic acids is 1. The van der Waals surface area contributed by atoms with Crippen LogP contribution >= 0.6 is 0 Å². The Balaban J connectivity index is 1.24. The van der Waals surface area contributed by atoms with E-state index in [9.17, 15) is 9.90 Å². The van der Waals surface area contributed by atoms with Gasteiger partial charge in [-0.2, -0.15) is 9.78 Å². The summed E-state index contributed by atoms with van der Waals surface area (Å²) in [4.78, 5) is 19.1. The number of para-hydroxylation sites is 1. The van der Waals surface area contributed by atoms with Crippen molar-refractivity contribution in [2.45, 2.75) is 52.2 Å². The monoisotopic (exact) mass is 582 g/mol. The van der Waals surface area contributed by atoms with Crippen molar-refractivity contribution in [2.24, 2.45) is 0 Å². The largest absolute Gasteiger partial charge is 0.488 e. The van der Waals surface area contributed by atoms with Crippen LogP contribution in [0.15, 0.2) is 54.7 Å². The Bertz CT molecular complexity index is 1630. The van der Waals surface area contributed by atoms with Crippen molar-refractivity contribution >= 4 is 5.97 Å². The first kappa shape index (κ1) is 28.9. The molecule has 4 heterocycles. The second-order valence-electron chi connectivity index (χ2n) is 11.3. The molecule has 4 aromatic rings. The topological polar surface area (TPSA) is 98.9 Å². The molecule has 9 heteroatoms. The first-order chi connectivity index (χ1) is 20.9. The number of ether oxygens (including phenoxy) is 3. The van der Waals surface area contributed by atoms with Crippen LogP contribution in [-0.2, 0) is 24.2 Å². The van der Waals surface area contributed by atoms with Crippen molar-refractivity contribution in [3.8, 4) is 28.7 Å². The van der Waals surface area contributed by atoms with Crippen molar-refractivity contribution in [1.29, 1.82) is 0 Å². The second-order valence-corrected chi connectivity index (χ2v) is 11.3. The van der Waals surface area contributed by atoms with Gasteiger partial charge in [-0.25, -0.2) is 9.78 Å². The van der Waals surface area contributed by atoms with E-state index in [0.717, 1.165) is 68.9 Å². The number of carbonyl (C=O) groups is 1. The van der Waals surface area contributed by atoms with Gasteiger partial charge in [-0.1, -0.05) is 30.3 Å². The summed E-state index contributed by atoms with van der Waals surface area (Å²) in [5.41, 5.74) is 7.95. The van der Waals surface area contributed by atoms with Crippen LogP contribution in [0.1, 0.15) is 51.0 Å². The number of rotatable bonds is 8. The Hall–Kier alpha value is -4.21. The number of methoxy groups -OCH3 is 1. The number of aryl methyl sites for hydroxylation is 1. The summed E-state index contributed by atoms with van der Waals surface area (Å²) in [6.07, 6.45) is 5.66. The summed E-state index contributed by atoms with van der Waals surface area (Å²) >= 11 is 0. The molecule has 0 unspecified atom stereocenters. The van der Waals surface area contributed by atoms with Gasteiger partial charge in [0, 0.05) is 37.9 Å². The minimum absolute atomic E-state index is 0.0262. The molecular formula is C34H38N4O5. The molecule has 0 aliphatic carbocycles. The third-order valence-corrected chi connectivity index (χ3v) is 8.79. The molecule has 0 atom stereocenters. The fourth-order valence-corrected chi connectivity index (χ4v) is 6.38. The zero-order chi connectivity index (χ0) is 29.9. The average molecular weight is 583 g/mol. The molecule has 9 nitrogen and oxygen atoms in total. The van der Waals surface area contributed by atoms with E-state index in [-0.39, 0.29) is 11.4 Å². The Morgan fingerprint density at radius 2 is 1.84 bits per heavy atom. The normalized spacial score (nSPS) is 16.0. The highest BCUT2D eigenvalue weighted by molar-refractivity contribution is 5.90.